The molecule has 1 fully saturated rings. The average Bonchev–Trinajstić information content (AvgIpc) is 2.91. The fraction of sp³-hybridized carbons (Fsp3) is 0.625. The number of aromatic nitrogens is 1. The molecule has 1 saturated carbocycles. The van der Waals surface area contributed by atoms with Crippen molar-refractivity contribution in [2.45, 2.75) is 57.0 Å². The molecule has 114 valence electrons. The second-order valence-corrected chi connectivity index (χ2v) is 6.34. The van der Waals surface area contributed by atoms with Crippen molar-refractivity contribution in [3.8, 4) is 0 Å². The number of hydrogen-bond donors (Lipinski definition) is 3. The van der Waals surface area contributed by atoms with Gasteiger partial charge >= 0.3 is 0 Å². The summed E-state index contributed by atoms with van der Waals surface area (Å²) in [5.74, 6) is -0.384. The number of hydrogen-bond acceptors (Lipinski definition) is 3. The van der Waals surface area contributed by atoms with Crippen molar-refractivity contribution in [2.75, 3.05) is 6.54 Å². The zero-order valence-electron chi connectivity index (χ0n) is 12.2. The summed E-state index contributed by atoms with van der Waals surface area (Å²) in [5.41, 5.74) is 1.09. The molecule has 3 rings (SSSR count). The van der Waals surface area contributed by atoms with Gasteiger partial charge in [0.1, 0.15) is 5.56 Å². The highest BCUT2D eigenvalue weighted by atomic mass is 16.3. The van der Waals surface area contributed by atoms with Crippen LogP contribution in [0.4, 0.5) is 0 Å². The van der Waals surface area contributed by atoms with Crippen molar-refractivity contribution in [1.82, 2.24) is 10.3 Å². The summed E-state index contributed by atoms with van der Waals surface area (Å²) < 4.78 is 0. The third-order valence-corrected chi connectivity index (χ3v) is 4.70. The van der Waals surface area contributed by atoms with Gasteiger partial charge in [-0.15, -0.1) is 0 Å². The molecule has 0 atom stereocenters. The summed E-state index contributed by atoms with van der Waals surface area (Å²) in [6, 6.07) is 1.72. The molecule has 1 aromatic heterocycles. The van der Waals surface area contributed by atoms with E-state index in [1.807, 2.05) is 0 Å². The lowest BCUT2D eigenvalue weighted by Crippen LogP contribution is -2.42. The molecule has 1 aromatic rings. The van der Waals surface area contributed by atoms with Crippen LogP contribution in [-0.4, -0.2) is 28.1 Å². The lowest BCUT2D eigenvalue weighted by molar-refractivity contribution is 0.0449. The summed E-state index contributed by atoms with van der Waals surface area (Å²) in [6.45, 7) is 0.225. The zero-order valence-corrected chi connectivity index (χ0v) is 12.2. The smallest absolute Gasteiger partial charge is 0.261 e. The van der Waals surface area contributed by atoms with E-state index in [4.69, 9.17) is 0 Å². The van der Waals surface area contributed by atoms with Crippen LogP contribution in [-0.2, 0) is 12.8 Å². The van der Waals surface area contributed by atoms with Crippen LogP contribution in [0.5, 0.6) is 0 Å². The average molecular weight is 290 g/mol. The van der Waals surface area contributed by atoms with Gasteiger partial charge in [0.2, 0.25) is 0 Å². The van der Waals surface area contributed by atoms with Crippen molar-refractivity contribution < 1.29 is 9.90 Å². The number of aryl methyl sites for hydroxylation is 2. The van der Waals surface area contributed by atoms with Gasteiger partial charge in [0.05, 0.1) is 5.60 Å². The summed E-state index contributed by atoms with van der Waals surface area (Å²) in [5, 5.41) is 13.0. The van der Waals surface area contributed by atoms with Gasteiger partial charge < -0.3 is 15.4 Å². The van der Waals surface area contributed by atoms with E-state index in [9.17, 15) is 14.7 Å². The van der Waals surface area contributed by atoms with Crippen molar-refractivity contribution in [3.05, 3.63) is 33.2 Å². The number of aliphatic hydroxyl groups is 1. The van der Waals surface area contributed by atoms with Crippen LogP contribution in [0.3, 0.4) is 0 Å². The first kappa shape index (κ1) is 14.3. The summed E-state index contributed by atoms with van der Waals surface area (Å²) in [7, 11) is 0. The number of pyridine rings is 1. The van der Waals surface area contributed by atoms with E-state index in [1.165, 1.54) is 0 Å². The van der Waals surface area contributed by atoms with E-state index in [2.05, 4.69) is 10.3 Å². The van der Waals surface area contributed by atoms with Crippen molar-refractivity contribution in [1.29, 1.82) is 0 Å². The molecule has 2 aliphatic rings. The van der Waals surface area contributed by atoms with E-state index < -0.39 is 5.60 Å². The second-order valence-electron chi connectivity index (χ2n) is 6.34. The maximum atomic E-state index is 12.2. The lowest BCUT2D eigenvalue weighted by Gasteiger charge is -2.22. The minimum atomic E-state index is -0.795. The van der Waals surface area contributed by atoms with Crippen LogP contribution in [0.15, 0.2) is 10.9 Å². The zero-order chi connectivity index (χ0) is 14.9. The molecule has 1 amide bonds. The number of amides is 1. The van der Waals surface area contributed by atoms with E-state index >= 15 is 0 Å². The third-order valence-electron chi connectivity index (χ3n) is 4.70. The first-order chi connectivity index (χ1) is 10.1. The Balaban J connectivity index is 1.73. The summed E-state index contributed by atoms with van der Waals surface area (Å²) in [4.78, 5) is 27.1. The Morgan fingerprint density at radius 2 is 1.95 bits per heavy atom. The number of aromatic amines is 1. The topological polar surface area (TPSA) is 82.2 Å². The normalized spacial score (nSPS) is 20.0. The van der Waals surface area contributed by atoms with Crippen LogP contribution < -0.4 is 10.9 Å². The van der Waals surface area contributed by atoms with Crippen LogP contribution in [0.2, 0.25) is 0 Å². The van der Waals surface area contributed by atoms with Gasteiger partial charge in [-0.3, -0.25) is 9.59 Å². The molecular weight excluding hydrogens is 268 g/mol. The highest BCUT2D eigenvalue weighted by Crippen LogP contribution is 2.28. The Bertz CT molecular complexity index is 600. The first-order valence-corrected chi connectivity index (χ1v) is 7.83. The highest BCUT2D eigenvalue weighted by Gasteiger charge is 2.31. The van der Waals surface area contributed by atoms with Gasteiger partial charge in [-0.25, -0.2) is 0 Å². The molecule has 0 aromatic carbocycles. The van der Waals surface area contributed by atoms with Crippen molar-refractivity contribution >= 4 is 5.91 Å². The molecule has 5 heteroatoms. The van der Waals surface area contributed by atoms with Crippen LogP contribution >= 0.6 is 0 Å². The molecule has 0 unspecified atom stereocenters. The number of carbonyl (C=O) groups is 1. The van der Waals surface area contributed by atoms with E-state index in [0.29, 0.717) is 12.8 Å². The van der Waals surface area contributed by atoms with E-state index in [-0.39, 0.29) is 23.6 Å². The van der Waals surface area contributed by atoms with Crippen molar-refractivity contribution in [3.63, 3.8) is 0 Å². The van der Waals surface area contributed by atoms with E-state index in [1.54, 1.807) is 6.07 Å². The Hall–Kier alpha value is -1.62. The van der Waals surface area contributed by atoms with Gasteiger partial charge in [-0.05, 0) is 50.2 Å². The standard InChI is InChI=1S/C16H22N2O3/c19-14(17-10-16(21)7-3-4-8-16)12-9-11-5-1-2-6-13(11)18-15(12)20/h9,21H,1-8,10H2,(H,17,19)(H,18,20). The Morgan fingerprint density at radius 1 is 1.24 bits per heavy atom. The minimum absolute atomic E-state index is 0.164. The summed E-state index contributed by atoms with van der Waals surface area (Å²) >= 11 is 0. The fourth-order valence-electron chi connectivity index (χ4n) is 3.39. The second kappa shape index (κ2) is 5.64. The number of carbonyl (C=O) groups excluding carboxylic acids is 1. The first-order valence-electron chi connectivity index (χ1n) is 7.83. The molecule has 0 saturated heterocycles. The Kier molecular flexibility index (Phi) is 3.85. The number of rotatable bonds is 3. The van der Waals surface area contributed by atoms with Gasteiger partial charge in [-0.2, -0.15) is 0 Å². The van der Waals surface area contributed by atoms with E-state index in [0.717, 1.165) is 49.8 Å². The molecule has 1 heterocycles. The summed E-state index contributed by atoms with van der Waals surface area (Å²) in [6.07, 6.45) is 7.39. The number of H-pyrrole nitrogens is 1. The molecule has 5 nitrogen and oxygen atoms in total. The minimum Gasteiger partial charge on any atom is -0.388 e. The molecule has 2 aliphatic carbocycles. The molecule has 0 spiro atoms. The molecule has 21 heavy (non-hydrogen) atoms. The number of nitrogens with one attached hydrogen (secondary N) is 2. The number of fused-ring (bicyclic) bond motifs is 1. The molecule has 0 aliphatic heterocycles. The predicted molar refractivity (Wildman–Crippen MR) is 79.5 cm³/mol. The van der Waals surface area contributed by atoms with Crippen LogP contribution in [0, 0.1) is 0 Å². The van der Waals surface area contributed by atoms with Crippen LogP contribution in [0.1, 0.15) is 60.1 Å². The monoisotopic (exact) mass is 290 g/mol. The SMILES string of the molecule is O=C(NCC1(O)CCCC1)c1cc2c([nH]c1=O)CCCC2. The largest absolute Gasteiger partial charge is 0.388 e. The Labute approximate surface area is 123 Å². The van der Waals surface area contributed by atoms with Gasteiger partial charge in [0.15, 0.2) is 0 Å². The van der Waals surface area contributed by atoms with Gasteiger partial charge in [0.25, 0.3) is 11.5 Å². The third kappa shape index (κ3) is 3.02. The highest BCUT2D eigenvalue weighted by molar-refractivity contribution is 5.94. The van der Waals surface area contributed by atoms with Crippen LogP contribution in [0.25, 0.3) is 0 Å². The molecule has 0 radical (unpaired) electrons. The molecule has 0 bridgehead atoms. The quantitative estimate of drug-likeness (QED) is 0.784. The predicted octanol–water partition coefficient (Wildman–Crippen LogP) is 1.29. The Morgan fingerprint density at radius 3 is 2.71 bits per heavy atom. The maximum absolute atomic E-state index is 12.2. The van der Waals surface area contributed by atoms with Crippen molar-refractivity contribution in [2.24, 2.45) is 0 Å². The van der Waals surface area contributed by atoms with Gasteiger partial charge in [-0.1, -0.05) is 12.8 Å². The van der Waals surface area contributed by atoms with Gasteiger partial charge in [0, 0.05) is 12.2 Å². The fourth-order valence-corrected chi connectivity index (χ4v) is 3.39. The maximum Gasteiger partial charge on any atom is 0.261 e. The molecular formula is C16H22N2O3. The molecule has 3 N–H and O–H groups in total. The lowest BCUT2D eigenvalue weighted by atomic mass is 9.95.